The van der Waals surface area contributed by atoms with Gasteiger partial charge >= 0.3 is 0 Å². The van der Waals surface area contributed by atoms with E-state index in [0.29, 0.717) is 0 Å². The van der Waals surface area contributed by atoms with Gasteiger partial charge in [-0.2, -0.15) is 0 Å². The van der Waals surface area contributed by atoms with Crippen molar-refractivity contribution in [3.8, 4) is 5.75 Å². The fraction of sp³-hybridized carbons (Fsp3) is 0.333. The van der Waals surface area contributed by atoms with Crippen LogP contribution in [0.1, 0.15) is 35.2 Å². The van der Waals surface area contributed by atoms with E-state index in [9.17, 15) is 0 Å². The highest BCUT2D eigenvalue weighted by Crippen LogP contribution is 2.31. The standard InChI is InChI=1S/C18H22BrNO/c1-5-20-18(14-7-6-8-15(19)11-14)16-9-13(3)17(21-4)10-12(16)2/h6-11,18,20H,5H2,1-4H3. The Morgan fingerprint density at radius 2 is 1.90 bits per heavy atom. The van der Waals surface area contributed by atoms with Crippen LogP contribution < -0.4 is 10.1 Å². The lowest BCUT2D eigenvalue weighted by atomic mass is 9.93. The predicted octanol–water partition coefficient (Wildman–Crippen LogP) is 4.77. The molecule has 112 valence electrons. The Balaban J connectivity index is 2.50. The predicted molar refractivity (Wildman–Crippen MR) is 92.1 cm³/mol. The average Bonchev–Trinajstić information content (AvgIpc) is 2.47. The zero-order valence-corrected chi connectivity index (χ0v) is 14.6. The van der Waals surface area contributed by atoms with Gasteiger partial charge in [0.1, 0.15) is 5.75 Å². The molecule has 0 spiro atoms. The number of nitrogens with one attached hydrogen (secondary N) is 1. The Morgan fingerprint density at radius 1 is 1.14 bits per heavy atom. The van der Waals surface area contributed by atoms with Gasteiger partial charge < -0.3 is 10.1 Å². The highest BCUT2D eigenvalue weighted by Gasteiger charge is 2.17. The molecule has 0 radical (unpaired) electrons. The van der Waals surface area contributed by atoms with Crippen molar-refractivity contribution in [3.63, 3.8) is 0 Å². The number of ether oxygens (including phenoxy) is 1. The van der Waals surface area contributed by atoms with Crippen LogP contribution in [0.4, 0.5) is 0 Å². The first-order chi connectivity index (χ1) is 10.1. The highest BCUT2D eigenvalue weighted by atomic mass is 79.9. The maximum absolute atomic E-state index is 5.42. The van der Waals surface area contributed by atoms with Gasteiger partial charge in [-0.1, -0.05) is 41.1 Å². The normalized spacial score (nSPS) is 12.2. The number of methoxy groups -OCH3 is 1. The van der Waals surface area contributed by atoms with Crippen LogP contribution in [0, 0.1) is 13.8 Å². The molecule has 0 bridgehead atoms. The smallest absolute Gasteiger partial charge is 0.122 e. The Kier molecular flexibility index (Phi) is 5.43. The van der Waals surface area contributed by atoms with Crippen LogP contribution in [0.5, 0.6) is 5.75 Å². The first-order valence-corrected chi connectivity index (χ1v) is 8.00. The second kappa shape index (κ2) is 7.10. The third-order valence-corrected chi connectivity index (χ3v) is 4.18. The number of hydrogen-bond acceptors (Lipinski definition) is 2. The third kappa shape index (κ3) is 3.66. The minimum atomic E-state index is 0.192. The van der Waals surface area contributed by atoms with Crippen molar-refractivity contribution >= 4 is 15.9 Å². The van der Waals surface area contributed by atoms with E-state index in [0.717, 1.165) is 22.3 Å². The third-order valence-electron chi connectivity index (χ3n) is 3.68. The van der Waals surface area contributed by atoms with Gasteiger partial charge in [0.15, 0.2) is 0 Å². The van der Waals surface area contributed by atoms with Crippen molar-refractivity contribution in [1.82, 2.24) is 5.32 Å². The maximum Gasteiger partial charge on any atom is 0.122 e. The second-order valence-electron chi connectivity index (χ2n) is 5.22. The molecule has 2 nitrogen and oxygen atoms in total. The van der Waals surface area contributed by atoms with Crippen LogP contribution in [0.25, 0.3) is 0 Å². The molecule has 0 aromatic heterocycles. The van der Waals surface area contributed by atoms with E-state index in [1.165, 1.54) is 16.7 Å². The van der Waals surface area contributed by atoms with Gasteiger partial charge in [-0.25, -0.2) is 0 Å². The molecule has 2 aromatic rings. The van der Waals surface area contributed by atoms with Crippen molar-refractivity contribution in [2.75, 3.05) is 13.7 Å². The fourth-order valence-electron chi connectivity index (χ4n) is 2.64. The summed E-state index contributed by atoms with van der Waals surface area (Å²) in [5.74, 6) is 0.945. The van der Waals surface area contributed by atoms with Gasteiger partial charge in [-0.3, -0.25) is 0 Å². The minimum absolute atomic E-state index is 0.192. The Labute approximate surface area is 135 Å². The van der Waals surface area contributed by atoms with Gasteiger partial charge in [0.2, 0.25) is 0 Å². The number of halogens is 1. The summed E-state index contributed by atoms with van der Waals surface area (Å²) >= 11 is 3.56. The van der Waals surface area contributed by atoms with Crippen LogP contribution >= 0.6 is 15.9 Å². The van der Waals surface area contributed by atoms with Crippen molar-refractivity contribution in [2.45, 2.75) is 26.8 Å². The molecule has 1 unspecified atom stereocenters. The van der Waals surface area contributed by atoms with Crippen molar-refractivity contribution < 1.29 is 4.74 Å². The van der Waals surface area contributed by atoms with E-state index < -0.39 is 0 Å². The molecule has 0 aliphatic heterocycles. The zero-order valence-electron chi connectivity index (χ0n) is 13.0. The molecular weight excluding hydrogens is 326 g/mol. The fourth-order valence-corrected chi connectivity index (χ4v) is 3.06. The van der Waals surface area contributed by atoms with Gasteiger partial charge in [-0.05, 0) is 60.8 Å². The molecule has 0 saturated heterocycles. The summed E-state index contributed by atoms with van der Waals surface area (Å²) in [6.07, 6.45) is 0. The van der Waals surface area contributed by atoms with Gasteiger partial charge in [-0.15, -0.1) is 0 Å². The van der Waals surface area contributed by atoms with E-state index in [1.807, 2.05) is 0 Å². The summed E-state index contributed by atoms with van der Waals surface area (Å²) in [7, 11) is 1.72. The topological polar surface area (TPSA) is 21.3 Å². The number of benzene rings is 2. The molecule has 2 rings (SSSR count). The number of rotatable bonds is 5. The lowest BCUT2D eigenvalue weighted by molar-refractivity contribution is 0.411. The molecule has 0 heterocycles. The summed E-state index contributed by atoms with van der Waals surface area (Å²) in [6.45, 7) is 7.28. The molecule has 0 aliphatic carbocycles. The van der Waals surface area contributed by atoms with Gasteiger partial charge in [0.25, 0.3) is 0 Å². The molecule has 0 aliphatic rings. The van der Waals surface area contributed by atoms with E-state index in [4.69, 9.17) is 4.74 Å². The van der Waals surface area contributed by atoms with E-state index in [-0.39, 0.29) is 6.04 Å². The quantitative estimate of drug-likeness (QED) is 0.840. The number of aryl methyl sites for hydroxylation is 2. The van der Waals surface area contributed by atoms with Crippen molar-refractivity contribution in [2.24, 2.45) is 0 Å². The van der Waals surface area contributed by atoms with Gasteiger partial charge in [0.05, 0.1) is 13.2 Å². The minimum Gasteiger partial charge on any atom is -0.496 e. The van der Waals surface area contributed by atoms with E-state index in [1.54, 1.807) is 7.11 Å². The maximum atomic E-state index is 5.42. The Morgan fingerprint density at radius 3 is 2.52 bits per heavy atom. The van der Waals surface area contributed by atoms with Crippen LogP contribution in [-0.2, 0) is 0 Å². The molecule has 21 heavy (non-hydrogen) atoms. The molecule has 3 heteroatoms. The molecule has 1 N–H and O–H groups in total. The monoisotopic (exact) mass is 347 g/mol. The molecule has 1 atom stereocenters. The zero-order chi connectivity index (χ0) is 15.4. The lowest BCUT2D eigenvalue weighted by Crippen LogP contribution is -2.23. The summed E-state index contributed by atoms with van der Waals surface area (Å²) in [4.78, 5) is 0. The molecule has 0 fully saturated rings. The first kappa shape index (κ1) is 16.1. The van der Waals surface area contributed by atoms with Crippen LogP contribution in [-0.4, -0.2) is 13.7 Å². The van der Waals surface area contributed by atoms with E-state index in [2.05, 4.69) is 78.4 Å². The van der Waals surface area contributed by atoms with Crippen LogP contribution in [0.15, 0.2) is 40.9 Å². The summed E-state index contributed by atoms with van der Waals surface area (Å²) in [5.41, 5.74) is 4.96. The number of hydrogen-bond donors (Lipinski definition) is 1. The largest absolute Gasteiger partial charge is 0.496 e. The van der Waals surface area contributed by atoms with Crippen molar-refractivity contribution in [1.29, 1.82) is 0 Å². The first-order valence-electron chi connectivity index (χ1n) is 7.20. The summed E-state index contributed by atoms with van der Waals surface area (Å²) in [6, 6.07) is 13.0. The molecule has 2 aromatic carbocycles. The van der Waals surface area contributed by atoms with E-state index >= 15 is 0 Å². The Hall–Kier alpha value is -1.32. The highest BCUT2D eigenvalue weighted by molar-refractivity contribution is 9.10. The van der Waals surface area contributed by atoms with Crippen LogP contribution in [0.2, 0.25) is 0 Å². The summed E-state index contributed by atoms with van der Waals surface area (Å²) < 4.78 is 6.52. The summed E-state index contributed by atoms with van der Waals surface area (Å²) in [5, 5.41) is 3.59. The SMILES string of the molecule is CCNC(c1cccc(Br)c1)c1cc(C)c(OC)cc1C. The molecular formula is C18H22BrNO. The Bertz CT molecular complexity index is 625. The van der Waals surface area contributed by atoms with Crippen molar-refractivity contribution in [3.05, 3.63) is 63.1 Å². The average molecular weight is 348 g/mol. The van der Waals surface area contributed by atoms with Crippen LogP contribution in [0.3, 0.4) is 0 Å². The van der Waals surface area contributed by atoms with Gasteiger partial charge in [0, 0.05) is 4.47 Å². The second-order valence-corrected chi connectivity index (χ2v) is 6.14. The molecule has 0 saturated carbocycles. The molecule has 0 amide bonds. The lowest BCUT2D eigenvalue weighted by Gasteiger charge is -2.22.